The number of methoxy groups -OCH3 is 1. The number of benzene rings is 2. The summed E-state index contributed by atoms with van der Waals surface area (Å²) in [4.78, 5) is 18.1. The van der Waals surface area contributed by atoms with Gasteiger partial charge in [0.25, 0.3) is 5.91 Å². The van der Waals surface area contributed by atoms with Crippen LogP contribution in [0.4, 0.5) is 0 Å². The summed E-state index contributed by atoms with van der Waals surface area (Å²) >= 11 is 1.41. The fraction of sp³-hybridized carbons (Fsp3) is 0.238. The Bertz CT molecular complexity index is 966. The quantitative estimate of drug-likeness (QED) is 0.730. The van der Waals surface area contributed by atoms with Crippen molar-refractivity contribution >= 4 is 17.2 Å². The van der Waals surface area contributed by atoms with Gasteiger partial charge in [-0.25, -0.2) is 4.98 Å². The van der Waals surface area contributed by atoms with E-state index in [1.807, 2.05) is 55.5 Å². The molecule has 4 rings (SSSR count). The lowest BCUT2D eigenvalue weighted by Crippen LogP contribution is -2.32. The van der Waals surface area contributed by atoms with E-state index in [1.54, 1.807) is 7.11 Å². The zero-order valence-corrected chi connectivity index (χ0v) is 16.0. The molecule has 0 aliphatic carbocycles. The molecule has 0 radical (unpaired) electrons. The Hall–Kier alpha value is -2.86. The second kappa shape index (κ2) is 7.40. The molecule has 0 saturated carbocycles. The van der Waals surface area contributed by atoms with Gasteiger partial charge in [0.2, 0.25) is 0 Å². The van der Waals surface area contributed by atoms with Crippen LogP contribution in [-0.2, 0) is 0 Å². The lowest BCUT2D eigenvalue weighted by atomic mass is 10.0. The van der Waals surface area contributed by atoms with Gasteiger partial charge in [0.1, 0.15) is 21.4 Å². The van der Waals surface area contributed by atoms with Crippen molar-refractivity contribution in [1.29, 1.82) is 0 Å². The summed E-state index contributed by atoms with van der Waals surface area (Å²) in [6.45, 7) is 2.47. The minimum Gasteiger partial charge on any atom is -0.497 e. The molecule has 1 aromatic heterocycles. The van der Waals surface area contributed by atoms with Crippen LogP contribution in [0.1, 0.15) is 33.4 Å². The maximum Gasteiger partial charge on any atom is 0.263 e. The maximum atomic E-state index is 12.9. The van der Waals surface area contributed by atoms with Crippen LogP contribution >= 0.6 is 11.3 Å². The predicted octanol–water partition coefficient (Wildman–Crippen LogP) is 4.38. The average molecular weight is 380 g/mol. The van der Waals surface area contributed by atoms with Crippen molar-refractivity contribution in [2.75, 3.05) is 13.7 Å². The molecule has 2 aromatic carbocycles. The van der Waals surface area contributed by atoms with Gasteiger partial charge in [0.05, 0.1) is 25.5 Å². The van der Waals surface area contributed by atoms with Crippen LogP contribution in [0.15, 0.2) is 48.5 Å². The van der Waals surface area contributed by atoms with Crippen molar-refractivity contribution in [3.05, 3.63) is 64.7 Å². The number of hydrogen-bond acceptors (Lipinski definition) is 5. The number of rotatable bonds is 4. The van der Waals surface area contributed by atoms with Gasteiger partial charge in [-0.3, -0.25) is 4.79 Å². The largest absolute Gasteiger partial charge is 0.497 e. The topological polar surface area (TPSA) is 60.5 Å². The molecule has 0 bridgehead atoms. The molecule has 1 N–H and O–H groups in total. The summed E-state index contributed by atoms with van der Waals surface area (Å²) in [5.41, 5.74) is 2.73. The Morgan fingerprint density at radius 1 is 1.22 bits per heavy atom. The van der Waals surface area contributed by atoms with Crippen molar-refractivity contribution in [3.8, 4) is 22.1 Å². The Morgan fingerprint density at radius 3 is 2.78 bits per heavy atom. The van der Waals surface area contributed by atoms with E-state index in [2.05, 4.69) is 10.3 Å². The van der Waals surface area contributed by atoms with Gasteiger partial charge < -0.3 is 14.8 Å². The number of para-hydroxylation sites is 1. The van der Waals surface area contributed by atoms with Gasteiger partial charge in [0.15, 0.2) is 0 Å². The van der Waals surface area contributed by atoms with Crippen molar-refractivity contribution < 1.29 is 14.3 Å². The van der Waals surface area contributed by atoms with Gasteiger partial charge in [-0.2, -0.15) is 0 Å². The average Bonchev–Trinajstić information content (AvgIpc) is 3.10. The van der Waals surface area contributed by atoms with Gasteiger partial charge in [0, 0.05) is 17.5 Å². The third kappa shape index (κ3) is 3.53. The van der Waals surface area contributed by atoms with Crippen molar-refractivity contribution in [2.45, 2.75) is 19.4 Å². The lowest BCUT2D eigenvalue weighted by Gasteiger charge is -2.26. The van der Waals surface area contributed by atoms with Crippen LogP contribution in [0.2, 0.25) is 0 Å². The number of carbonyl (C=O) groups is 1. The molecular formula is C21H20N2O3S. The number of fused-ring (bicyclic) bond motifs is 1. The number of thiazole rings is 1. The van der Waals surface area contributed by atoms with E-state index in [0.717, 1.165) is 39.7 Å². The third-order valence-electron chi connectivity index (χ3n) is 4.60. The molecule has 1 atom stereocenters. The van der Waals surface area contributed by atoms with Crippen molar-refractivity contribution in [3.63, 3.8) is 0 Å². The SMILES string of the molecule is COc1ccc(-c2nc(C)c(C(=O)N[C@@H]3CCOc4ccccc43)s2)cc1. The first-order valence-electron chi connectivity index (χ1n) is 8.80. The van der Waals surface area contributed by atoms with Crippen LogP contribution in [0.3, 0.4) is 0 Å². The smallest absolute Gasteiger partial charge is 0.263 e. The Kier molecular flexibility index (Phi) is 4.81. The minimum atomic E-state index is -0.0912. The summed E-state index contributed by atoms with van der Waals surface area (Å²) in [6.07, 6.45) is 0.756. The number of ether oxygens (including phenoxy) is 2. The molecule has 138 valence electrons. The molecule has 0 saturated heterocycles. The van der Waals surface area contributed by atoms with Gasteiger partial charge >= 0.3 is 0 Å². The summed E-state index contributed by atoms with van der Waals surface area (Å²) in [6, 6.07) is 15.5. The minimum absolute atomic E-state index is 0.0478. The molecule has 0 unspecified atom stereocenters. The molecule has 27 heavy (non-hydrogen) atoms. The highest BCUT2D eigenvalue weighted by Crippen LogP contribution is 2.33. The second-order valence-electron chi connectivity index (χ2n) is 6.36. The van der Waals surface area contributed by atoms with Crippen LogP contribution in [0, 0.1) is 6.92 Å². The first kappa shape index (κ1) is 17.5. The molecule has 5 nitrogen and oxygen atoms in total. The molecular weight excluding hydrogens is 360 g/mol. The number of aryl methyl sites for hydroxylation is 1. The highest BCUT2D eigenvalue weighted by Gasteiger charge is 2.25. The molecule has 1 aliphatic heterocycles. The number of hydrogen-bond donors (Lipinski definition) is 1. The van der Waals surface area contributed by atoms with E-state index in [0.29, 0.717) is 11.5 Å². The van der Waals surface area contributed by atoms with E-state index in [1.165, 1.54) is 11.3 Å². The number of nitrogens with zero attached hydrogens (tertiary/aromatic N) is 1. The first-order valence-corrected chi connectivity index (χ1v) is 9.62. The molecule has 0 spiro atoms. The van der Waals surface area contributed by atoms with E-state index >= 15 is 0 Å². The third-order valence-corrected chi connectivity index (χ3v) is 5.81. The van der Waals surface area contributed by atoms with E-state index in [-0.39, 0.29) is 11.9 Å². The lowest BCUT2D eigenvalue weighted by molar-refractivity contribution is 0.0928. The Labute approximate surface area is 162 Å². The zero-order chi connectivity index (χ0) is 18.8. The van der Waals surface area contributed by atoms with Crippen LogP contribution in [0.25, 0.3) is 10.6 Å². The van der Waals surface area contributed by atoms with Gasteiger partial charge in [-0.1, -0.05) is 18.2 Å². The maximum absolute atomic E-state index is 12.9. The molecule has 1 amide bonds. The Balaban J connectivity index is 1.55. The summed E-state index contributed by atoms with van der Waals surface area (Å²) in [5.74, 6) is 1.55. The van der Waals surface area contributed by atoms with Gasteiger partial charge in [-0.15, -0.1) is 11.3 Å². The first-order chi connectivity index (χ1) is 13.2. The fourth-order valence-electron chi connectivity index (χ4n) is 3.18. The highest BCUT2D eigenvalue weighted by molar-refractivity contribution is 7.17. The number of nitrogens with one attached hydrogen (secondary N) is 1. The normalized spacial score (nSPS) is 15.6. The van der Waals surface area contributed by atoms with E-state index in [4.69, 9.17) is 9.47 Å². The van der Waals surface area contributed by atoms with E-state index in [9.17, 15) is 4.79 Å². The van der Waals surface area contributed by atoms with Crippen LogP contribution in [-0.4, -0.2) is 24.6 Å². The summed E-state index contributed by atoms with van der Waals surface area (Å²) in [5, 5.41) is 3.97. The summed E-state index contributed by atoms with van der Waals surface area (Å²) < 4.78 is 10.9. The van der Waals surface area contributed by atoms with Crippen LogP contribution < -0.4 is 14.8 Å². The number of aromatic nitrogens is 1. The van der Waals surface area contributed by atoms with Crippen molar-refractivity contribution in [1.82, 2.24) is 10.3 Å². The second-order valence-corrected chi connectivity index (χ2v) is 7.36. The number of carbonyl (C=O) groups excluding carboxylic acids is 1. The van der Waals surface area contributed by atoms with E-state index < -0.39 is 0 Å². The van der Waals surface area contributed by atoms with Crippen molar-refractivity contribution in [2.24, 2.45) is 0 Å². The molecule has 6 heteroatoms. The van der Waals surface area contributed by atoms with Crippen LogP contribution in [0.5, 0.6) is 11.5 Å². The fourth-order valence-corrected chi connectivity index (χ4v) is 4.15. The molecule has 3 aromatic rings. The molecule has 2 heterocycles. The molecule has 1 aliphatic rings. The zero-order valence-electron chi connectivity index (χ0n) is 15.2. The number of amides is 1. The standard InChI is InChI=1S/C21H20N2O3S/c1-13-19(27-21(22-13)14-7-9-15(25-2)10-8-14)20(24)23-17-11-12-26-18-6-4-3-5-16(17)18/h3-10,17H,11-12H2,1-2H3,(H,23,24)/t17-/m1/s1. The predicted molar refractivity (Wildman–Crippen MR) is 106 cm³/mol. The van der Waals surface area contributed by atoms with Gasteiger partial charge in [-0.05, 0) is 37.3 Å². The monoisotopic (exact) mass is 380 g/mol. The highest BCUT2D eigenvalue weighted by atomic mass is 32.1. The Morgan fingerprint density at radius 2 is 2.00 bits per heavy atom. The summed E-state index contributed by atoms with van der Waals surface area (Å²) in [7, 11) is 1.64. The molecule has 0 fully saturated rings.